The third kappa shape index (κ3) is 3.46. The van der Waals surface area contributed by atoms with Crippen LogP contribution in [0, 0.1) is 0 Å². The highest BCUT2D eigenvalue weighted by molar-refractivity contribution is 7.89. The largest absolute Gasteiger partial charge is 0.486 e. The summed E-state index contributed by atoms with van der Waals surface area (Å²) < 4.78 is 38.8. The maximum Gasteiger partial charge on any atom is 0.243 e. The molecule has 0 aliphatic carbocycles. The van der Waals surface area contributed by atoms with Crippen LogP contribution in [0.15, 0.2) is 35.5 Å². The van der Waals surface area contributed by atoms with Crippen LogP contribution in [0.3, 0.4) is 0 Å². The van der Waals surface area contributed by atoms with E-state index in [0.29, 0.717) is 30.3 Å². The van der Waals surface area contributed by atoms with Crippen LogP contribution < -0.4 is 14.2 Å². The highest BCUT2D eigenvalue weighted by atomic mass is 32.2. The summed E-state index contributed by atoms with van der Waals surface area (Å²) in [7, 11) is -2.08. The van der Waals surface area contributed by atoms with Gasteiger partial charge in [0.25, 0.3) is 0 Å². The Morgan fingerprint density at radius 2 is 2.09 bits per heavy atom. The minimum atomic E-state index is -3.71. The third-order valence-electron chi connectivity index (χ3n) is 3.41. The molecule has 0 saturated heterocycles. The second-order valence-electron chi connectivity index (χ2n) is 5.12. The minimum Gasteiger partial charge on any atom is -0.486 e. The molecule has 1 aliphatic heterocycles. The van der Waals surface area contributed by atoms with Gasteiger partial charge >= 0.3 is 0 Å². The van der Waals surface area contributed by atoms with Gasteiger partial charge in [-0.05, 0) is 17.7 Å². The molecule has 2 aromatic rings. The van der Waals surface area contributed by atoms with Crippen LogP contribution in [-0.4, -0.2) is 43.1 Å². The standard InChI is InChI=1S/C14H17N3O5S/c1-17-9-11(7-15-17)23(19,20)16-8-12(18)10-2-3-13-14(6-10)22-5-4-21-13/h2-3,6-7,9,12,16,18H,4-5,8H2,1H3/t12-/m1/s1. The van der Waals surface area contributed by atoms with Gasteiger partial charge in [-0.3, -0.25) is 4.68 Å². The summed E-state index contributed by atoms with van der Waals surface area (Å²) in [5.74, 6) is 1.16. The number of nitrogens with zero attached hydrogens (tertiary/aromatic N) is 2. The first-order valence-corrected chi connectivity index (χ1v) is 8.50. The fraction of sp³-hybridized carbons (Fsp3) is 0.357. The molecule has 23 heavy (non-hydrogen) atoms. The predicted molar refractivity (Wildman–Crippen MR) is 80.8 cm³/mol. The number of aryl methyl sites for hydroxylation is 1. The number of rotatable bonds is 5. The van der Waals surface area contributed by atoms with Crippen LogP contribution in [0.25, 0.3) is 0 Å². The lowest BCUT2D eigenvalue weighted by molar-refractivity contribution is 0.165. The predicted octanol–water partition coefficient (Wildman–Crippen LogP) is 0.203. The van der Waals surface area contributed by atoms with Gasteiger partial charge in [0.15, 0.2) is 11.5 Å². The van der Waals surface area contributed by atoms with Crippen molar-refractivity contribution in [3.05, 3.63) is 36.2 Å². The molecule has 8 nitrogen and oxygen atoms in total. The maximum atomic E-state index is 12.1. The molecular formula is C14H17N3O5S. The van der Waals surface area contributed by atoms with Crippen LogP contribution in [0.5, 0.6) is 11.5 Å². The fourth-order valence-corrected chi connectivity index (χ4v) is 3.22. The molecule has 1 aliphatic rings. The molecule has 1 atom stereocenters. The number of hydrogen-bond donors (Lipinski definition) is 2. The monoisotopic (exact) mass is 339 g/mol. The highest BCUT2D eigenvalue weighted by Gasteiger charge is 2.20. The molecule has 9 heteroatoms. The van der Waals surface area contributed by atoms with Crippen molar-refractivity contribution in [3.8, 4) is 11.5 Å². The van der Waals surface area contributed by atoms with Crippen molar-refractivity contribution in [1.29, 1.82) is 0 Å². The van der Waals surface area contributed by atoms with E-state index >= 15 is 0 Å². The molecule has 2 N–H and O–H groups in total. The molecule has 0 bridgehead atoms. The van der Waals surface area contributed by atoms with Crippen molar-refractivity contribution in [1.82, 2.24) is 14.5 Å². The molecule has 1 aromatic carbocycles. The Balaban J connectivity index is 1.68. The van der Waals surface area contributed by atoms with Crippen molar-refractivity contribution < 1.29 is 23.0 Å². The molecule has 0 radical (unpaired) electrons. The van der Waals surface area contributed by atoms with Crippen LogP contribution in [0.4, 0.5) is 0 Å². The summed E-state index contributed by atoms with van der Waals surface area (Å²) in [5.41, 5.74) is 0.545. The number of nitrogens with one attached hydrogen (secondary N) is 1. The molecule has 3 rings (SSSR count). The first-order valence-electron chi connectivity index (χ1n) is 7.01. The van der Waals surface area contributed by atoms with Crippen molar-refractivity contribution >= 4 is 10.0 Å². The fourth-order valence-electron chi connectivity index (χ4n) is 2.19. The number of aliphatic hydroxyl groups excluding tert-OH is 1. The molecule has 0 amide bonds. The van der Waals surface area contributed by atoms with E-state index in [4.69, 9.17) is 9.47 Å². The van der Waals surface area contributed by atoms with Crippen molar-refractivity contribution in [2.45, 2.75) is 11.0 Å². The van der Waals surface area contributed by atoms with Crippen LogP contribution in [-0.2, 0) is 17.1 Å². The molecule has 2 heterocycles. The van der Waals surface area contributed by atoms with Crippen LogP contribution >= 0.6 is 0 Å². The average Bonchev–Trinajstić information content (AvgIpc) is 2.99. The van der Waals surface area contributed by atoms with Crippen LogP contribution in [0.1, 0.15) is 11.7 Å². The van der Waals surface area contributed by atoms with Crippen molar-refractivity contribution in [2.24, 2.45) is 7.05 Å². The van der Waals surface area contributed by atoms with Gasteiger partial charge in [0.2, 0.25) is 10.0 Å². The van der Waals surface area contributed by atoms with Gasteiger partial charge in [-0.25, -0.2) is 13.1 Å². The summed E-state index contributed by atoms with van der Waals surface area (Å²) in [5, 5.41) is 14.0. The summed E-state index contributed by atoms with van der Waals surface area (Å²) in [6.07, 6.45) is 1.63. The molecule has 0 fully saturated rings. The summed E-state index contributed by atoms with van der Waals surface area (Å²) >= 11 is 0. The van der Waals surface area contributed by atoms with E-state index in [0.717, 1.165) is 0 Å². The zero-order chi connectivity index (χ0) is 16.4. The summed E-state index contributed by atoms with van der Waals surface area (Å²) in [6.45, 7) is 0.775. The SMILES string of the molecule is Cn1cc(S(=O)(=O)NC[C@@H](O)c2ccc3c(c2)OCCO3)cn1. The average molecular weight is 339 g/mol. The number of hydrogen-bond acceptors (Lipinski definition) is 6. The zero-order valence-electron chi connectivity index (χ0n) is 12.5. The van der Waals surface area contributed by atoms with Gasteiger partial charge in [0, 0.05) is 19.8 Å². The van der Waals surface area contributed by atoms with Gasteiger partial charge in [0.1, 0.15) is 18.1 Å². The number of benzene rings is 1. The first-order chi connectivity index (χ1) is 11.0. The van der Waals surface area contributed by atoms with Gasteiger partial charge in [-0.15, -0.1) is 0 Å². The number of sulfonamides is 1. The summed E-state index contributed by atoms with van der Waals surface area (Å²) in [4.78, 5) is 0.0503. The Kier molecular flexibility index (Phi) is 4.24. The number of ether oxygens (including phenoxy) is 2. The van der Waals surface area contributed by atoms with Gasteiger partial charge in [-0.2, -0.15) is 5.10 Å². The smallest absolute Gasteiger partial charge is 0.243 e. The number of fused-ring (bicyclic) bond motifs is 1. The normalized spacial score (nSPS) is 15.4. The Labute approximate surface area is 133 Å². The Bertz CT molecular complexity index is 802. The maximum absolute atomic E-state index is 12.1. The third-order valence-corrected chi connectivity index (χ3v) is 4.79. The van der Waals surface area contributed by atoms with Crippen LogP contribution in [0.2, 0.25) is 0 Å². The van der Waals surface area contributed by atoms with E-state index in [9.17, 15) is 13.5 Å². The van der Waals surface area contributed by atoms with E-state index in [2.05, 4.69) is 9.82 Å². The van der Waals surface area contributed by atoms with Crippen molar-refractivity contribution in [3.63, 3.8) is 0 Å². The topological polar surface area (TPSA) is 103 Å². The number of aromatic nitrogens is 2. The molecule has 0 unspecified atom stereocenters. The lowest BCUT2D eigenvalue weighted by Gasteiger charge is -2.20. The Morgan fingerprint density at radius 1 is 1.35 bits per heavy atom. The summed E-state index contributed by atoms with van der Waals surface area (Å²) in [6, 6.07) is 5.02. The Hall–Kier alpha value is -2.10. The second-order valence-corrected chi connectivity index (χ2v) is 6.89. The first kappa shape index (κ1) is 15.8. The van der Waals surface area contributed by atoms with Gasteiger partial charge < -0.3 is 14.6 Å². The molecular weight excluding hydrogens is 322 g/mol. The second kappa shape index (κ2) is 6.19. The molecule has 124 valence electrons. The van der Waals surface area contributed by atoms with Crippen molar-refractivity contribution in [2.75, 3.05) is 19.8 Å². The van der Waals surface area contributed by atoms with E-state index in [-0.39, 0.29) is 11.4 Å². The van der Waals surface area contributed by atoms with E-state index < -0.39 is 16.1 Å². The van der Waals surface area contributed by atoms with E-state index in [1.54, 1.807) is 25.2 Å². The zero-order valence-corrected chi connectivity index (χ0v) is 13.3. The quantitative estimate of drug-likeness (QED) is 0.807. The molecule has 1 aromatic heterocycles. The van der Waals surface area contributed by atoms with Gasteiger partial charge in [0.05, 0.1) is 12.3 Å². The number of aliphatic hydroxyl groups is 1. The van der Waals surface area contributed by atoms with E-state index in [1.165, 1.54) is 17.1 Å². The van der Waals surface area contributed by atoms with E-state index in [1.807, 2.05) is 0 Å². The highest BCUT2D eigenvalue weighted by Crippen LogP contribution is 2.32. The molecule has 0 saturated carbocycles. The van der Waals surface area contributed by atoms with Gasteiger partial charge in [-0.1, -0.05) is 6.07 Å². The minimum absolute atomic E-state index is 0.0503. The Morgan fingerprint density at radius 3 is 2.78 bits per heavy atom. The lowest BCUT2D eigenvalue weighted by Crippen LogP contribution is -2.28. The molecule has 0 spiro atoms. The lowest BCUT2D eigenvalue weighted by atomic mass is 10.1.